The van der Waals surface area contributed by atoms with E-state index in [2.05, 4.69) is 6.92 Å². The molecule has 3 heteroatoms. The van der Waals surface area contributed by atoms with Gasteiger partial charge >= 0.3 is 0 Å². The maximum absolute atomic E-state index is 8.36. The SMILES string of the molecule is CCCCCl.O=CO. The van der Waals surface area contributed by atoms with Crippen molar-refractivity contribution < 1.29 is 9.90 Å². The number of hydrogen-bond donors (Lipinski definition) is 1. The second kappa shape index (κ2) is 15.9. The third-order valence-electron chi connectivity index (χ3n) is 0.487. The van der Waals surface area contributed by atoms with Gasteiger partial charge in [-0.2, -0.15) is 0 Å². The van der Waals surface area contributed by atoms with E-state index in [1.165, 1.54) is 6.42 Å². The molecule has 0 heterocycles. The molecule has 0 bridgehead atoms. The fourth-order valence-electron chi connectivity index (χ4n) is 0.134. The molecule has 0 radical (unpaired) electrons. The van der Waals surface area contributed by atoms with E-state index in [9.17, 15) is 0 Å². The van der Waals surface area contributed by atoms with Gasteiger partial charge in [-0.15, -0.1) is 11.6 Å². The molecule has 1 N–H and O–H groups in total. The summed E-state index contributed by atoms with van der Waals surface area (Å²) in [5.74, 6) is 0.816. The second-order valence-corrected chi connectivity index (χ2v) is 1.53. The minimum Gasteiger partial charge on any atom is -0.483 e. The number of hydrogen-bond acceptors (Lipinski definition) is 1. The van der Waals surface area contributed by atoms with Crippen LogP contribution in [0, 0.1) is 0 Å². The lowest BCUT2D eigenvalue weighted by molar-refractivity contribution is -0.122. The summed E-state index contributed by atoms with van der Waals surface area (Å²) >= 11 is 5.30. The van der Waals surface area contributed by atoms with Crippen molar-refractivity contribution in [3.8, 4) is 0 Å². The number of unbranched alkanes of at least 4 members (excludes halogenated alkanes) is 1. The fourth-order valence-corrected chi connectivity index (χ4v) is 0.401. The van der Waals surface area contributed by atoms with Crippen molar-refractivity contribution >= 4 is 18.1 Å². The van der Waals surface area contributed by atoms with Crippen molar-refractivity contribution in [2.75, 3.05) is 5.88 Å². The zero-order valence-corrected chi connectivity index (χ0v) is 5.69. The molecule has 0 rings (SSSR count). The van der Waals surface area contributed by atoms with Gasteiger partial charge in [0.15, 0.2) is 0 Å². The molecule has 0 atom stereocenters. The van der Waals surface area contributed by atoms with Gasteiger partial charge in [0, 0.05) is 5.88 Å². The standard InChI is InChI=1S/C4H9Cl.CH2O2/c1-2-3-4-5;2-1-3/h2-4H2,1H3;1H,(H,2,3). The van der Waals surface area contributed by atoms with Gasteiger partial charge in [-0.05, 0) is 6.42 Å². The van der Waals surface area contributed by atoms with Crippen LogP contribution in [0.1, 0.15) is 19.8 Å². The molecule has 0 aromatic heterocycles. The Hall–Kier alpha value is -0.240. The predicted molar refractivity (Wildman–Crippen MR) is 34.3 cm³/mol. The first-order valence-corrected chi connectivity index (χ1v) is 3.00. The van der Waals surface area contributed by atoms with Gasteiger partial charge in [0.1, 0.15) is 0 Å². The van der Waals surface area contributed by atoms with Crippen LogP contribution in [-0.2, 0) is 4.79 Å². The van der Waals surface area contributed by atoms with Crippen LogP contribution in [0.15, 0.2) is 0 Å². The van der Waals surface area contributed by atoms with Crippen molar-refractivity contribution in [2.45, 2.75) is 19.8 Å². The molecule has 0 saturated heterocycles. The van der Waals surface area contributed by atoms with Gasteiger partial charge in [-0.25, -0.2) is 0 Å². The molecule has 0 spiro atoms. The smallest absolute Gasteiger partial charge is 0.290 e. The number of carboxylic acid groups (broad SMARTS) is 1. The summed E-state index contributed by atoms with van der Waals surface area (Å²) in [6.07, 6.45) is 2.37. The second-order valence-electron chi connectivity index (χ2n) is 1.15. The Morgan fingerprint density at radius 2 is 2.12 bits per heavy atom. The molecule has 0 fully saturated rings. The van der Waals surface area contributed by atoms with Crippen LogP contribution in [0.25, 0.3) is 0 Å². The third-order valence-corrected chi connectivity index (χ3v) is 0.754. The lowest BCUT2D eigenvalue weighted by Gasteiger charge is -1.77. The summed E-state index contributed by atoms with van der Waals surface area (Å²) in [6.45, 7) is 1.88. The molecular weight excluding hydrogens is 128 g/mol. The quantitative estimate of drug-likeness (QED) is 0.466. The molecule has 0 aromatic carbocycles. The van der Waals surface area contributed by atoms with E-state index in [1.807, 2.05) is 0 Å². The molecule has 0 aliphatic carbocycles. The molecule has 0 aromatic rings. The van der Waals surface area contributed by atoms with Crippen molar-refractivity contribution in [2.24, 2.45) is 0 Å². The topological polar surface area (TPSA) is 37.3 Å². The van der Waals surface area contributed by atoms with Gasteiger partial charge < -0.3 is 5.11 Å². The Bertz CT molecular complexity index is 37.4. The molecule has 0 saturated carbocycles. The Kier molecular flexibility index (Phi) is 21.2. The summed E-state index contributed by atoms with van der Waals surface area (Å²) in [4.78, 5) is 8.36. The molecule has 0 aliphatic heterocycles. The van der Waals surface area contributed by atoms with E-state index >= 15 is 0 Å². The normalized spacial score (nSPS) is 6.75. The van der Waals surface area contributed by atoms with Crippen LogP contribution in [-0.4, -0.2) is 17.5 Å². The van der Waals surface area contributed by atoms with Gasteiger partial charge in [0.25, 0.3) is 6.47 Å². The third kappa shape index (κ3) is 42.1. The van der Waals surface area contributed by atoms with E-state index in [1.54, 1.807) is 0 Å². The van der Waals surface area contributed by atoms with E-state index in [0.717, 1.165) is 12.3 Å². The molecular formula is C5H11ClO2. The van der Waals surface area contributed by atoms with Crippen LogP contribution in [0.3, 0.4) is 0 Å². The maximum atomic E-state index is 8.36. The first-order valence-electron chi connectivity index (χ1n) is 2.47. The van der Waals surface area contributed by atoms with Gasteiger partial charge in [0.2, 0.25) is 0 Å². The number of rotatable bonds is 2. The highest BCUT2D eigenvalue weighted by Gasteiger charge is 1.70. The zero-order valence-electron chi connectivity index (χ0n) is 4.93. The summed E-state index contributed by atoms with van der Waals surface area (Å²) in [5.41, 5.74) is 0. The number of halogens is 1. The van der Waals surface area contributed by atoms with Crippen molar-refractivity contribution in [1.82, 2.24) is 0 Å². The average Bonchev–Trinajstić information content (AvgIpc) is 1.71. The van der Waals surface area contributed by atoms with E-state index in [4.69, 9.17) is 21.5 Å². The zero-order chi connectivity index (χ0) is 6.83. The lowest BCUT2D eigenvalue weighted by atomic mass is 10.4. The first-order chi connectivity index (χ1) is 3.83. The molecule has 0 unspecified atom stereocenters. The van der Waals surface area contributed by atoms with Crippen molar-refractivity contribution in [3.05, 3.63) is 0 Å². The molecule has 2 nitrogen and oxygen atoms in total. The molecule has 0 amide bonds. The van der Waals surface area contributed by atoms with Crippen molar-refractivity contribution in [3.63, 3.8) is 0 Å². The van der Waals surface area contributed by atoms with E-state index in [0.29, 0.717) is 0 Å². The number of carbonyl (C=O) groups is 1. The van der Waals surface area contributed by atoms with Crippen LogP contribution >= 0.6 is 11.6 Å². The minimum absolute atomic E-state index is 0.250. The van der Waals surface area contributed by atoms with Crippen molar-refractivity contribution in [1.29, 1.82) is 0 Å². The highest BCUT2D eigenvalue weighted by molar-refractivity contribution is 6.17. The van der Waals surface area contributed by atoms with Gasteiger partial charge in [-0.1, -0.05) is 13.3 Å². The summed E-state index contributed by atoms with van der Waals surface area (Å²) in [7, 11) is 0. The van der Waals surface area contributed by atoms with Crippen LogP contribution < -0.4 is 0 Å². The summed E-state index contributed by atoms with van der Waals surface area (Å²) in [6, 6.07) is 0. The Balaban J connectivity index is 0. The lowest BCUT2D eigenvalue weighted by Crippen LogP contribution is -1.65. The van der Waals surface area contributed by atoms with E-state index in [-0.39, 0.29) is 6.47 Å². The molecule has 0 aliphatic rings. The maximum Gasteiger partial charge on any atom is 0.290 e. The highest BCUT2D eigenvalue weighted by atomic mass is 35.5. The van der Waals surface area contributed by atoms with Gasteiger partial charge in [0.05, 0.1) is 0 Å². The monoisotopic (exact) mass is 138 g/mol. The van der Waals surface area contributed by atoms with Crippen LogP contribution in [0.5, 0.6) is 0 Å². The van der Waals surface area contributed by atoms with Gasteiger partial charge in [-0.3, -0.25) is 4.79 Å². The Morgan fingerprint density at radius 1 is 1.75 bits per heavy atom. The predicted octanol–water partition coefficient (Wildman–Crippen LogP) is 1.73. The summed E-state index contributed by atoms with van der Waals surface area (Å²) < 4.78 is 0. The molecule has 8 heavy (non-hydrogen) atoms. The van der Waals surface area contributed by atoms with E-state index < -0.39 is 0 Å². The molecule has 50 valence electrons. The van der Waals surface area contributed by atoms with Crippen LogP contribution in [0.2, 0.25) is 0 Å². The number of alkyl halides is 1. The summed E-state index contributed by atoms with van der Waals surface area (Å²) in [5, 5.41) is 6.89. The Morgan fingerprint density at radius 3 is 2.12 bits per heavy atom. The van der Waals surface area contributed by atoms with Crippen LogP contribution in [0.4, 0.5) is 0 Å². The first kappa shape index (κ1) is 10.7. The largest absolute Gasteiger partial charge is 0.483 e. The highest BCUT2D eigenvalue weighted by Crippen LogP contribution is 1.86. The minimum atomic E-state index is -0.250. The average molecular weight is 139 g/mol. The fraction of sp³-hybridized carbons (Fsp3) is 0.800. The Labute approximate surface area is 54.5 Å².